The minimum absolute atomic E-state index is 0.0209. The quantitative estimate of drug-likeness (QED) is 0.689. The van der Waals surface area contributed by atoms with E-state index in [4.69, 9.17) is 4.42 Å². The maximum absolute atomic E-state index is 12.3. The molecule has 2 aromatic heterocycles. The molecule has 0 fully saturated rings. The van der Waals surface area contributed by atoms with Crippen molar-refractivity contribution in [3.63, 3.8) is 0 Å². The van der Waals surface area contributed by atoms with Crippen LogP contribution in [0.2, 0.25) is 0 Å². The van der Waals surface area contributed by atoms with Crippen LogP contribution in [-0.4, -0.2) is 4.57 Å². The highest BCUT2D eigenvalue weighted by Crippen LogP contribution is 2.14. The lowest BCUT2D eigenvalue weighted by molar-refractivity contribution is 0.490. The zero-order chi connectivity index (χ0) is 12.5. The number of rotatable bonds is 2. The van der Waals surface area contributed by atoms with Gasteiger partial charge >= 0.3 is 0 Å². The third-order valence-electron chi connectivity index (χ3n) is 3.14. The van der Waals surface area contributed by atoms with Gasteiger partial charge in [0, 0.05) is 11.6 Å². The molecule has 0 spiro atoms. The molecule has 0 atom stereocenters. The molecule has 3 heteroatoms. The Morgan fingerprint density at radius 3 is 2.78 bits per heavy atom. The number of fused-ring (bicyclic) bond motifs is 1. The van der Waals surface area contributed by atoms with E-state index in [-0.39, 0.29) is 5.56 Å². The second kappa shape index (κ2) is 4.18. The third-order valence-corrected chi connectivity index (χ3v) is 3.14. The fourth-order valence-electron chi connectivity index (χ4n) is 2.17. The van der Waals surface area contributed by atoms with E-state index in [1.54, 1.807) is 10.8 Å². The van der Waals surface area contributed by atoms with Crippen LogP contribution < -0.4 is 5.56 Å². The molecule has 0 saturated heterocycles. The molecule has 0 aliphatic rings. The van der Waals surface area contributed by atoms with Crippen molar-refractivity contribution in [2.45, 2.75) is 13.5 Å². The van der Waals surface area contributed by atoms with E-state index >= 15 is 0 Å². The summed E-state index contributed by atoms with van der Waals surface area (Å²) in [5.41, 5.74) is 1.14. The Hall–Kier alpha value is -2.29. The van der Waals surface area contributed by atoms with E-state index in [0.29, 0.717) is 6.54 Å². The Morgan fingerprint density at radius 2 is 2.00 bits per heavy atom. The van der Waals surface area contributed by atoms with Gasteiger partial charge in [0.1, 0.15) is 5.76 Å². The molecule has 3 aromatic rings. The van der Waals surface area contributed by atoms with Crippen LogP contribution in [0.15, 0.2) is 58.1 Å². The molecule has 0 unspecified atom stereocenters. The minimum Gasteiger partial charge on any atom is -0.467 e. The van der Waals surface area contributed by atoms with Gasteiger partial charge in [-0.2, -0.15) is 0 Å². The summed E-state index contributed by atoms with van der Waals surface area (Å²) in [5, 5.41) is 1.77. The Balaban J connectivity index is 2.15. The first-order chi connectivity index (χ1) is 8.75. The summed E-state index contributed by atoms with van der Waals surface area (Å²) in [6, 6.07) is 11.5. The molecule has 0 radical (unpaired) electrons. The zero-order valence-electron chi connectivity index (χ0n) is 10.1. The second-order valence-corrected chi connectivity index (χ2v) is 4.36. The molecule has 0 saturated carbocycles. The summed E-state index contributed by atoms with van der Waals surface area (Å²) in [5.74, 6) is 0.782. The topological polar surface area (TPSA) is 35.1 Å². The first-order valence-electron chi connectivity index (χ1n) is 5.87. The largest absolute Gasteiger partial charge is 0.467 e. The minimum atomic E-state index is 0.0209. The van der Waals surface area contributed by atoms with Crippen LogP contribution in [0.1, 0.15) is 11.3 Å². The number of aromatic nitrogens is 1. The van der Waals surface area contributed by atoms with Gasteiger partial charge in [0.15, 0.2) is 0 Å². The Morgan fingerprint density at radius 1 is 1.11 bits per heavy atom. The first-order valence-corrected chi connectivity index (χ1v) is 5.87. The van der Waals surface area contributed by atoms with E-state index in [1.807, 2.05) is 49.5 Å². The van der Waals surface area contributed by atoms with Gasteiger partial charge in [-0.05, 0) is 42.1 Å². The van der Waals surface area contributed by atoms with Crippen LogP contribution in [0.25, 0.3) is 10.8 Å². The molecule has 1 aromatic carbocycles. The molecule has 3 nitrogen and oxygen atoms in total. The fourth-order valence-corrected chi connectivity index (χ4v) is 2.17. The Labute approximate surface area is 104 Å². The molecular formula is C15H13NO2. The Bertz CT molecular complexity index is 739. The zero-order valence-corrected chi connectivity index (χ0v) is 10.1. The highest BCUT2D eigenvalue weighted by Gasteiger charge is 2.05. The number of hydrogen-bond acceptors (Lipinski definition) is 2. The summed E-state index contributed by atoms with van der Waals surface area (Å²) >= 11 is 0. The number of hydrogen-bond donors (Lipinski definition) is 0. The lowest BCUT2D eigenvalue weighted by Gasteiger charge is -2.06. The second-order valence-electron chi connectivity index (χ2n) is 4.36. The van der Waals surface area contributed by atoms with Gasteiger partial charge < -0.3 is 8.98 Å². The van der Waals surface area contributed by atoms with Crippen molar-refractivity contribution in [1.82, 2.24) is 4.57 Å². The predicted molar refractivity (Wildman–Crippen MR) is 70.8 cm³/mol. The van der Waals surface area contributed by atoms with Crippen molar-refractivity contribution in [2.75, 3.05) is 0 Å². The number of furan rings is 1. The Kier molecular flexibility index (Phi) is 2.52. The molecule has 0 N–H and O–H groups in total. The summed E-state index contributed by atoms with van der Waals surface area (Å²) in [4.78, 5) is 12.3. The average molecular weight is 239 g/mol. The highest BCUT2D eigenvalue weighted by molar-refractivity contribution is 5.84. The summed E-state index contributed by atoms with van der Waals surface area (Å²) in [7, 11) is 0. The maximum atomic E-state index is 12.3. The summed E-state index contributed by atoms with van der Waals surface area (Å²) < 4.78 is 6.94. The van der Waals surface area contributed by atoms with E-state index in [9.17, 15) is 4.79 Å². The van der Waals surface area contributed by atoms with Crippen LogP contribution in [-0.2, 0) is 6.54 Å². The molecule has 0 aliphatic carbocycles. The van der Waals surface area contributed by atoms with Crippen molar-refractivity contribution in [3.05, 3.63) is 70.5 Å². The molecule has 0 amide bonds. The van der Waals surface area contributed by atoms with E-state index < -0.39 is 0 Å². The molecule has 0 aliphatic heterocycles. The standard InChI is InChI=1S/C15H13NO2/c1-11-4-2-6-14-13(11)7-8-16(15(14)17)10-12-5-3-9-18-12/h2-9H,10H2,1H3. The van der Waals surface area contributed by atoms with Gasteiger partial charge in [-0.1, -0.05) is 12.1 Å². The molecule has 90 valence electrons. The number of nitrogens with zero attached hydrogens (tertiary/aromatic N) is 1. The van der Waals surface area contributed by atoms with Crippen LogP contribution in [0.3, 0.4) is 0 Å². The molecule has 2 heterocycles. The lowest BCUT2D eigenvalue weighted by Crippen LogP contribution is -2.19. The SMILES string of the molecule is Cc1cccc2c(=O)n(Cc3ccco3)ccc12. The number of pyridine rings is 1. The van der Waals surface area contributed by atoms with Crippen LogP contribution in [0.4, 0.5) is 0 Å². The molecule has 18 heavy (non-hydrogen) atoms. The smallest absolute Gasteiger partial charge is 0.258 e. The van der Waals surface area contributed by atoms with Crippen LogP contribution in [0, 0.1) is 6.92 Å². The number of aryl methyl sites for hydroxylation is 1. The van der Waals surface area contributed by atoms with Crippen molar-refractivity contribution in [3.8, 4) is 0 Å². The summed E-state index contributed by atoms with van der Waals surface area (Å²) in [6.07, 6.45) is 3.44. The van der Waals surface area contributed by atoms with E-state index in [1.165, 1.54) is 0 Å². The van der Waals surface area contributed by atoms with Crippen molar-refractivity contribution in [1.29, 1.82) is 0 Å². The van der Waals surface area contributed by atoms with Gasteiger partial charge in [-0.3, -0.25) is 4.79 Å². The van der Waals surface area contributed by atoms with Crippen LogP contribution in [0.5, 0.6) is 0 Å². The predicted octanol–water partition coefficient (Wildman–Crippen LogP) is 2.95. The maximum Gasteiger partial charge on any atom is 0.258 e. The highest BCUT2D eigenvalue weighted by atomic mass is 16.3. The van der Waals surface area contributed by atoms with Crippen molar-refractivity contribution >= 4 is 10.8 Å². The average Bonchev–Trinajstić information content (AvgIpc) is 2.86. The van der Waals surface area contributed by atoms with Crippen molar-refractivity contribution < 1.29 is 4.42 Å². The molecule has 0 bridgehead atoms. The monoisotopic (exact) mass is 239 g/mol. The van der Waals surface area contributed by atoms with Gasteiger partial charge in [-0.25, -0.2) is 0 Å². The molecular weight excluding hydrogens is 226 g/mol. The van der Waals surface area contributed by atoms with Gasteiger partial charge in [0.05, 0.1) is 12.8 Å². The fraction of sp³-hybridized carbons (Fsp3) is 0.133. The van der Waals surface area contributed by atoms with Crippen LogP contribution >= 0.6 is 0 Å². The lowest BCUT2D eigenvalue weighted by atomic mass is 10.1. The van der Waals surface area contributed by atoms with E-state index in [2.05, 4.69) is 0 Å². The van der Waals surface area contributed by atoms with Crippen molar-refractivity contribution in [2.24, 2.45) is 0 Å². The normalized spacial score (nSPS) is 10.9. The third kappa shape index (κ3) is 1.74. The number of benzene rings is 1. The van der Waals surface area contributed by atoms with Gasteiger partial charge in [0.25, 0.3) is 5.56 Å². The van der Waals surface area contributed by atoms with Gasteiger partial charge in [-0.15, -0.1) is 0 Å². The van der Waals surface area contributed by atoms with E-state index in [0.717, 1.165) is 22.1 Å². The first kappa shape index (κ1) is 10.8. The summed E-state index contributed by atoms with van der Waals surface area (Å²) in [6.45, 7) is 2.48. The molecule has 3 rings (SSSR count). The van der Waals surface area contributed by atoms with Gasteiger partial charge in [0.2, 0.25) is 0 Å².